The SMILES string of the molecule is CCOC(=O)NC(=S)NC(=O)NSc1ccc(N2CCC(NC(=O)OC(C)(C)C)CC2)cn1. The summed E-state index contributed by atoms with van der Waals surface area (Å²) in [6.45, 7) is 8.92. The van der Waals surface area contributed by atoms with Crippen molar-refractivity contribution in [2.24, 2.45) is 0 Å². The zero-order valence-electron chi connectivity index (χ0n) is 19.1. The van der Waals surface area contributed by atoms with Gasteiger partial charge >= 0.3 is 18.2 Å². The first-order chi connectivity index (χ1) is 15.6. The van der Waals surface area contributed by atoms with Crippen LogP contribution in [0.15, 0.2) is 23.4 Å². The van der Waals surface area contributed by atoms with E-state index in [9.17, 15) is 14.4 Å². The van der Waals surface area contributed by atoms with Crippen molar-refractivity contribution >= 4 is 53.2 Å². The van der Waals surface area contributed by atoms with Crippen molar-refractivity contribution in [2.75, 3.05) is 24.6 Å². The fraction of sp³-hybridized carbons (Fsp3) is 0.550. The van der Waals surface area contributed by atoms with Gasteiger partial charge in [-0.25, -0.2) is 19.4 Å². The Morgan fingerprint density at radius 2 is 1.88 bits per heavy atom. The lowest BCUT2D eigenvalue weighted by Crippen LogP contribution is -2.46. The maximum atomic E-state index is 11.9. The van der Waals surface area contributed by atoms with Gasteiger partial charge in [0.1, 0.15) is 10.6 Å². The summed E-state index contributed by atoms with van der Waals surface area (Å²) in [5.41, 5.74) is 0.441. The molecular formula is C20H30N6O5S2. The minimum atomic E-state index is -0.739. The van der Waals surface area contributed by atoms with E-state index in [2.05, 4.69) is 35.3 Å². The molecule has 33 heavy (non-hydrogen) atoms. The molecule has 1 aliphatic rings. The maximum Gasteiger partial charge on any atom is 0.413 e. The van der Waals surface area contributed by atoms with Crippen molar-refractivity contribution in [2.45, 2.75) is 57.2 Å². The highest BCUT2D eigenvalue weighted by Gasteiger charge is 2.24. The molecule has 1 aromatic rings. The molecule has 0 aliphatic carbocycles. The van der Waals surface area contributed by atoms with Gasteiger partial charge in [0.25, 0.3) is 0 Å². The number of rotatable bonds is 5. The monoisotopic (exact) mass is 498 g/mol. The number of piperidine rings is 1. The summed E-state index contributed by atoms with van der Waals surface area (Å²) in [5.74, 6) is 0. The van der Waals surface area contributed by atoms with Crippen LogP contribution >= 0.6 is 24.2 Å². The Labute approximate surface area is 202 Å². The van der Waals surface area contributed by atoms with Gasteiger partial charge in [0, 0.05) is 31.1 Å². The largest absolute Gasteiger partial charge is 0.450 e. The summed E-state index contributed by atoms with van der Waals surface area (Å²) in [6.07, 6.45) is 2.21. The predicted molar refractivity (Wildman–Crippen MR) is 129 cm³/mol. The average molecular weight is 499 g/mol. The number of thiocarbonyl (C=S) groups is 1. The van der Waals surface area contributed by atoms with E-state index in [0.29, 0.717) is 5.03 Å². The first-order valence-corrected chi connectivity index (χ1v) is 11.7. The van der Waals surface area contributed by atoms with Crippen LogP contribution < -0.4 is 25.6 Å². The molecule has 182 valence electrons. The quantitative estimate of drug-likeness (QED) is 0.357. The molecule has 1 saturated heterocycles. The molecule has 0 atom stereocenters. The Morgan fingerprint density at radius 1 is 1.18 bits per heavy atom. The second-order valence-electron chi connectivity index (χ2n) is 8.10. The van der Waals surface area contributed by atoms with Gasteiger partial charge in [-0.3, -0.25) is 15.4 Å². The summed E-state index contributed by atoms with van der Waals surface area (Å²) >= 11 is 5.86. The molecular weight excluding hydrogens is 468 g/mol. The third kappa shape index (κ3) is 10.1. The van der Waals surface area contributed by atoms with E-state index in [0.717, 1.165) is 43.6 Å². The van der Waals surface area contributed by atoms with Crippen LogP contribution in [0.5, 0.6) is 0 Å². The third-order valence-electron chi connectivity index (χ3n) is 4.27. The zero-order chi connectivity index (χ0) is 24.4. The molecule has 2 heterocycles. The lowest BCUT2D eigenvalue weighted by atomic mass is 10.0. The van der Waals surface area contributed by atoms with Gasteiger partial charge < -0.3 is 19.7 Å². The van der Waals surface area contributed by atoms with Gasteiger partial charge in [0.05, 0.1) is 18.5 Å². The maximum absolute atomic E-state index is 11.9. The van der Waals surface area contributed by atoms with Gasteiger partial charge in [-0.05, 0) is 64.9 Å². The fourth-order valence-corrected chi connectivity index (χ4v) is 3.56. The number of hydrogen-bond acceptors (Lipinski definition) is 9. The van der Waals surface area contributed by atoms with Crippen LogP contribution in [0, 0.1) is 0 Å². The standard InChI is InChI=1S/C20H30N6O5S2/c1-5-30-18(28)24-17(32)23-16(27)25-33-15-7-6-14(12-21-15)26-10-8-13(9-11-26)22-19(29)31-20(2,3)4/h6-7,12-13H,5,8-11H2,1-4H3,(H,22,29)(H3,23,24,25,27,28,32). The van der Waals surface area contributed by atoms with Gasteiger partial charge in [-0.2, -0.15) is 0 Å². The van der Waals surface area contributed by atoms with E-state index < -0.39 is 23.8 Å². The van der Waals surface area contributed by atoms with Gasteiger partial charge in [0.2, 0.25) is 0 Å². The number of amides is 4. The number of aromatic nitrogens is 1. The summed E-state index contributed by atoms with van der Waals surface area (Å²) in [6, 6.07) is 3.18. The Kier molecular flexibility index (Phi) is 9.97. The van der Waals surface area contributed by atoms with E-state index >= 15 is 0 Å². The van der Waals surface area contributed by atoms with Gasteiger partial charge in [-0.15, -0.1) is 0 Å². The first-order valence-electron chi connectivity index (χ1n) is 10.5. The lowest BCUT2D eigenvalue weighted by Gasteiger charge is -2.34. The molecule has 11 nitrogen and oxygen atoms in total. The highest BCUT2D eigenvalue weighted by atomic mass is 32.2. The molecule has 1 aromatic heterocycles. The molecule has 0 spiro atoms. The molecule has 13 heteroatoms. The van der Waals surface area contributed by atoms with Crippen molar-refractivity contribution in [3.63, 3.8) is 0 Å². The Balaban J connectivity index is 1.73. The Hall–Kier alpha value is -2.80. The summed E-state index contributed by atoms with van der Waals surface area (Å²) in [7, 11) is 0. The summed E-state index contributed by atoms with van der Waals surface area (Å²) in [4.78, 5) is 41.6. The molecule has 1 fully saturated rings. The van der Waals surface area contributed by atoms with E-state index in [1.807, 2.05) is 26.8 Å². The van der Waals surface area contributed by atoms with Crippen LogP contribution in [0.1, 0.15) is 40.5 Å². The Morgan fingerprint density at radius 3 is 2.45 bits per heavy atom. The number of anilines is 1. The number of nitrogens with one attached hydrogen (secondary N) is 4. The Bertz CT molecular complexity index is 838. The zero-order valence-corrected chi connectivity index (χ0v) is 20.7. The second kappa shape index (κ2) is 12.4. The highest BCUT2D eigenvalue weighted by Crippen LogP contribution is 2.22. The van der Waals surface area contributed by atoms with Crippen molar-refractivity contribution < 1.29 is 23.9 Å². The van der Waals surface area contributed by atoms with Gasteiger partial charge in [-0.1, -0.05) is 0 Å². The number of carbonyl (C=O) groups is 3. The van der Waals surface area contributed by atoms with Crippen molar-refractivity contribution in [3.8, 4) is 0 Å². The highest BCUT2D eigenvalue weighted by molar-refractivity contribution is 7.97. The van der Waals surface area contributed by atoms with Crippen LogP contribution in [0.3, 0.4) is 0 Å². The molecule has 0 saturated carbocycles. The normalized spacial score (nSPS) is 14.1. The minimum absolute atomic E-state index is 0.0750. The molecule has 0 radical (unpaired) electrons. The number of urea groups is 1. The fourth-order valence-electron chi connectivity index (χ4n) is 2.89. The smallest absolute Gasteiger partial charge is 0.413 e. The van der Waals surface area contributed by atoms with E-state index in [1.165, 1.54) is 0 Å². The van der Waals surface area contributed by atoms with Gasteiger partial charge in [0.15, 0.2) is 5.11 Å². The van der Waals surface area contributed by atoms with Crippen LogP contribution in [0.2, 0.25) is 0 Å². The molecule has 0 bridgehead atoms. The van der Waals surface area contributed by atoms with E-state index in [-0.39, 0.29) is 17.8 Å². The molecule has 4 amide bonds. The lowest BCUT2D eigenvalue weighted by molar-refractivity contribution is 0.0497. The van der Waals surface area contributed by atoms with E-state index in [4.69, 9.17) is 17.0 Å². The average Bonchev–Trinajstić information content (AvgIpc) is 2.72. The number of ether oxygens (including phenoxy) is 2. The third-order valence-corrected chi connectivity index (χ3v) is 5.21. The van der Waals surface area contributed by atoms with Crippen molar-refractivity contribution in [3.05, 3.63) is 18.3 Å². The molecule has 0 aromatic carbocycles. The number of alkyl carbamates (subject to hydrolysis) is 2. The van der Waals surface area contributed by atoms with Crippen molar-refractivity contribution in [1.29, 1.82) is 0 Å². The van der Waals surface area contributed by atoms with Crippen LogP contribution in [-0.2, 0) is 9.47 Å². The summed E-state index contributed by atoms with van der Waals surface area (Å²) in [5, 5.41) is 7.86. The number of hydrogen-bond donors (Lipinski definition) is 4. The molecule has 1 aliphatic heterocycles. The number of carbonyl (C=O) groups excluding carboxylic acids is 3. The molecule has 4 N–H and O–H groups in total. The topological polar surface area (TPSA) is 134 Å². The van der Waals surface area contributed by atoms with E-state index in [1.54, 1.807) is 19.2 Å². The number of nitrogens with zero attached hydrogens (tertiary/aromatic N) is 2. The van der Waals surface area contributed by atoms with Crippen LogP contribution in [-0.4, -0.2) is 59.7 Å². The predicted octanol–water partition coefficient (Wildman–Crippen LogP) is 2.91. The van der Waals surface area contributed by atoms with Crippen LogP contribution in [0.4, 0.5) is 20.1 Å². The first kappa shape index (κ1) is 26.5. The summed E-state index contributed by atoms with van der Waals surface area (Å²) < 4.78 is 12.5. The number of pyridine rings is 1. The molecule has 0 unspecified atom stereocenters. The minimum Gasteiger partial charge on any atom is -0.450 e. The second-order valence-corrected chi connectivity index (χ2v) is 9.33. The molecule has 2 rings (SSSR count). The van der Waals surface area contributed by atoms with Crippen molar-refractivity contribution in [1.82, 2.24) is 25.7 Å². The van der Waals surface area contributed by atoms with Crippen LogP contribution in [0.25, 0.3) is 0 Å².